The molecule has 0 spiro atoms. The van der Waals surface area contributed by atoms with Crippen LogP contribution in [0.15, 0.2) is 41.1 Å². The van der Waals surface area contributed by atoms with E-state index in [2.05, 4.69) is 14.7 Å². The van der Waals surface area contributed by atoms with Gasteiger partial charge in [0.15, 0.2) is 5.58 Å². The molecule has 0 fully saturated rings. The lowest BCUT2D eigenvalue weighted by atomic mass is 10.1. The molecule has 0 aliphatic carbocycles. The first kappa shape index (κ1) is 13.2. The molecule has 0 radical (unpaired) electrons. The lowest BCUT2D eigenvalue weighted by Gasteiger charge is -2.10. The van der Waals surface area contributed by atoms with Gasteiger partial charge in [-0.05, 0) is 24.3 Å². The number of nitrogens with zero attached hydrogens (tertiary/aromatic N) is 2. The second kappa shape index (κ2) is 4.04. The van der Waals surface area contributed by atoms with E-state index in [1.165, 1.54) is 12.4 Å². The smallest absolute Gasteiger partial charge is 0.388 e. The van der Waals surface area contributed by atoms with Crippen LogP contribution in [0.4, 0.5) is 17.6 Å². The van der Waals surface area contributed by atoms with E-state index in [1.54, 1.807) is 12.1 Å². The number of rotatable bonds is 1. The van der Waals surface area contributed by atoms with Gasteiger partial charge in [0, 0.05) is 18.0 Å². The number of alkyl halides is 4. The van der Waals surface area contributed by atoms with Crippen molar-refractivity contribution in [3.63, 3.8) is 0 Å². The van der Waals surface area contributed by atoms with Crippen LogP contribution in [0.1, 0.15) is 11.1 Å². The lowest BCUT2D eigenvalue weighted by molar-refractivity contribution is -0.369. The number of aromatic nitrogens is 2. The molecule has 0 saturated carbocycles. The highest BCUT2D eigenvalue weighted by atomic mass is 19.3. The Hall–Kier alpha value is -2.48. The lowest BCUT2D eigenvalue weighted by Crippen LogP contribution is -2.17. The molecule has 0 unspecified atom stereocenters. The predicted octanol–water partition coefficient (Wildman–Crippen LogP) is 4.02. The average Bonchev–Trinajstić information content (AvgIpc) is 2.95. The maximum Gasteiger partial charge on any atom is 0.388 e. The maximum absolute atomic E-state index is 13.5. The molecule has 2 aromatic heterocycles. The van der Waals surface area contributed by atoms with Gasteiger partial charge in [0.05, 0.1) is 11.1 Å². The molecule has 4 rings (SSSR count). The highest BCUT2D eigenvalue weighted by molar-refractivity contribution is 5.78. The molecule has 1 aromatic carbocycles. The Morgan fingerprint density at radius 1 is 0.909 bits per heavy atom. The van der Waals surface area contributed by atoms with Crippen molar-refractivity contribution in [3.05, 3.63) is 47.8 Å². The van der Waals surface area contributed by atoms with Crippen LogP contribution in [0.25, 0.3) is 22.6 Å². The third-order valence-corrected chi connectivity index (χ3v) is 3.34. The third-order valence-electron chi connectivity index (χ3n) is 3.34. The second-order valence-corrected chi connectivity index (χ2v) is 4.76. The van der Waals surface area contributed by atoms with E-state index >= 15 is 0 Å². The van der Waals surface area contributed by atoms with Crippen molar-refractivity contribution in [2.45, 2.75) is 12.2 Å². The van der Waals surface area contributed by atoms with Crippen LogP contribution >= 0.6 is 0 Å². The van der Waals surface area contributed by atoms with Crippen LogP contribution in [0.2, 0.25) is 0 Å². The zero-order valence-corrected chi connectivity index (χ0v) is 10.7. The van der Waals surface area contributed by atoms with Gasteiger partial charge in [-0.3, -0.25) is 4.98 Å². The zero-order chi connectivity index (χ0) is 15.5. The number of oxazole rings is 1. The quantitative estimate of drug-likeness (QED) is 0.637. The average molecular weight is 310 g/mol. The summed E-state index contributed by atoms with van der Waals surface area (Å²) in [4.78, 5) is 7.87. The zero-order valence-electron chi connectivity index (χ0n) is 10.7. The number of hydrogen-bond donors (Lipinski definition) is 0. The van der Waals surface area contributed by atoms with Crippen LogP contribution in [0.3, 0.4) is 0 Å². The van der Waals surface area contributed by atoms with Gasteiger partial charge in [0.1, 0.15) is 5.52 Å². The summed E-state index contributed by atoms with van der Waals surface area (Å²) in [6.45, 7) is 0. The van der Waals surface area contributed by atoms with E-state index in [0.29, 0.717) is 5.56 Å². The largest absolute Gasteiger partial charge is 0.436 e. The fourth-order valence-corrected chi connectivity index (χ4v) is 2.34. The Labute approximate surface area is 120 Å². The molecule has 0 amide bonds. The number of fused-ring (bicyclic) bond motifs is 2. The highest BCUT2D eigenvalue weighted by Crippen LogP contribution is 2.51. The maximum atomic E-state index is 13.5. The molecule has 1 aliphatic heterocycles. The number of halogens is 4. The fraction of sp³-hybridized carbons (Fsp3) is 0.143. The SMILES string of the molecule is FC1(F)OC(F)(F)c2cc3oc(-c4ccncc4)nc3cc21. The van der Waals surface area contributed by atoms with Crippen molar-refractivity contribution in [2.24, 2.45) is 0 Å². The summed E-state index contributed by atoms with van der Waals surface area (Å²) >= 11 is 0. The van der Waals surface area contributed by atoms with Crippen LogP contribution < -0.4 is 0 Å². The summed E-state index contributed by atoms with van der Waals surface area (Å²) < 4.78 is 63.0. The van der Waals surface area contributed by atoms with Crippen molar-refractivity contribution in [2.75, 3.05) is 0 Å². The normalized spacial score (nSPS) is 18.5. The van der Waals surface area contributed by atoms with E-state index in [0.717, 1.165) is 12.1 Å². The van der Waals surface area contributed by atoms with E-state index in [1.807, 2.05) is 0 Å². The van der Waals surface area contributed by atoms with Crippen molar-refractivity contribution in [1.82, 2.24) is 9.97 Å². The molecule has 4 nitrogen and oxygen atoms in total. The van der Waals surface area contributed by atoms with Gasteiger partial charge in [-0.2, -0.15) is 17.6 Å². The second-order valence-electron chi connectivity index (χ2n) is 4.76. The summed E-state index contributed by atoms with van der Waals surface area (Å²) in [7, 11) is 0. The molecule has 1 aliphatic rings. The number of pyridine rings is 1. The van der Waals surface area contributed by atoms with Gasteiger partial charge in [0.25, 0.3) is 0 Å². The number of benzene rings is 1. The fourth-order valence-electron chi connectivity index (χ4n) is 2.34. The topological polar surface area (TPSA) is 48.2 Å². The predicted molar refractivity (Wildman–Crippen MR) is 66.1 cm³/mol. The first-order valence-corrected chi connectivity index (χ1v) is 6.18. The Morgan fingerprint density at radius 3 is 2.23 bits per heavy atom. The summed E-state index contributed by atoms with van der Waals surface area (Å²) in [5.74, 6) is 0.133. The molecule has 3 aromatic rings. The van der Waals surface area contributed by atoms with Gasteiger partial charge in [-0.25, -0.2) is 9.72 Å². The molecule has 8 heteroatoms. The Bertz CT molecular complexity index is 826. The van der Waals surface area contributed by atoms with Crippen molar-refractivity contribution in [3.8, 4) is 11.5 Å². The van der Waals surface area contributed by atoms with Crippen molar-refractivity contribution in [1.29, 1.82) is 0 Å². The van der Waals surface area contributed by atoms with Crippen LogP contribution in [-0.4, -0.2) is 9.97 Å². The van der Waals surface area contributed by atoms with Crippen LogP contribution in [-0.2, 0) is 17.0 Å². The molecule has 3 heterocycles. The molecule has 0 saturated heterocycles. The Kier molecular flexibility index (Phi) is 2.42. The van der Waals surface area contributed by atoms with E-state index < -0.39 is 23.3 Å². The minimum atomic E-state index is -4.07. The molecular weight excluding hydrogens is 304 g/mol. The van der Waals surface area contributed by atoms with Crippen molar-refractivity contribution >= 4 is 11.1 Å². The molecule has 0 bridgehead atoms. The Balaban J connectivity index is 1.93. The van der Waals surface area contributed by atoms with E-state index in [4.69, 9.17) is 4.42 Å². The van der Waals surface area contributed by atoms with E-state index in [-0.39, 0.29) is 17.0 Å². The summed E-state index contributed by atoms with van der Waals surface area (Å²) in [6.07, 6.45) is -5.14. The van der Waals surface area contributed by atoms with Gasteiger partial charge < -0.3 is 4.42 Å². The number of hydrogen-bond acceptors (Lipinski definition) is 4. The summed E-state index contributed by atoms with van der Waals surface area (Å²) in [5, 5.41) is 0. The molecule has 0 atom stereocenters. The van der Waals surface area contributed by atoms with Crippen molar-refractivity contribution < 1.29 is 26.7 Å². The standard InChI is InChI=1S/C14H6F4N2O2/c15-13(16)8-5-10-11(6-9(8)14(17,18)22-13)21-12(20-10)7-1-3-19-4-2-7/h1-6H. The third kappa shape index (κ3) is 1.80. The first-order valence-electron chi connectivity index (χ1n) is 6.18. The van der Waals surface area contributed by atoms with Gasteiger partial charge >= 0.3 is 12.2 Å². The minimum Gasteiger partial charge on any atom is -0.436 e. The molecule has 22 heavy (non-hydrogen) atoms. The first-order chi connectivity index (χ1) is 10.4. The van der Waals surface area contributed by atoms with Crippen LogP contribution in [0.5, 0.6) is 0 Å². The summed E-state index contributed by atoms with van der Waals surface area (Å²) in [6, 6.07) is 4.90. The molecule has 112 valence electrons. The molecular formula is C14H6F4N2O2. The van der Waals surface area contributed by atoms with Crippen LogP contribution in [0, 0.1) is 0 Å². The molecule has 0 N–H and O–H groups in total. The minimum absolute atomic E-state index is 0.0217. The van der Waals surface area contributed by atoms with Gasteiger partial charge in [-0.15, -0.1) is 0 Å². The van der Waals surface area contributed by atoms with E-state index in [9.17, 15) is 17.6 Å². The van der Waals surface area contributed by atoms with Gasteiger partial charge in [0.2, 0.25) is 5.89 Å². The number of ether oxygens (including phenoxy) is 1. The monoisotopic (exact) mass is 310 g/mol. The highest BCUT2D eigenvalue weighted by Gasteiger charge is 2.57. The summed E-state index contributed by atoms with van der Waals surface area (Å²) in [5.41, 5.74) is -1.23. The van der Waals surface area contributed by atoms with Gasteiger partial charge in [-0.1, -0.05) is 0 Å². The Morgan fingerprint density at radius 2 is 1.55 bits per heavy atom.